The fourth-order valence-electron chi connectivity index (χ4n) is 5.90. The third-order valence-electron chi connectivity index (χ3n) is 8.60. The van der Waals surface area contributed by atoms with E-state index < -0.39 is 31.2 Å². The number of nitrogens with one attached hydrogen (secondary N) is 2. The van der Waals surface area contributed by atoms with Crippen molar-refractivity contribution in [1.29, 1.82) is 0 Å². The summed E-state index contributed by atoms with van der Waals surface area (Å²) in [5.74, 6) is 0.399. The van der Waals surface area contributed by atoms with E-state index in [1.54, 1.807) is 34.6 Å². The number of benzene rings is 3. The molecule has 3 aromatic carbocycles. The lowest BCUT2D eigenvalue weighted by Crippen LogP contribution is -2.51. The molecule has 3 heterocycles. The Morgan fingerprint density at radius 2 is 1.74 bits per heavy atom. The lowest BCUT2D eigenvalue weighted by atomic mass is 9.88. The van der Waals surface area contributed by atoms with Gasteiger partial charge < -0.3 is 25.2 Å². The van der Waals surface area contributed by atoms with Crippen LogP contribution in [0.3, 0.4) is 0 Å². The molecule has 1 unspecified atom stereocenters. The number of rotatable bonds is 10. The maximum atomic E-state index is 13.4. The lowest BCUT2D eigenvalue weighted by molar-refractivity contribution is -0.0312. The first-order valence-electron chi connectivity index (χ1n) is 14.4. The van der Waals surface area contributed by atoms with Gasteiger partial charge in [-0.25, -0.2) is 16.8 Å². The van der Waals surface area contributed by atoms with E-state index in [4.69, 9.17) is 9.47 Å². The van der Waals surface area contributed by atoms with Crippen LogP contribution in [0.1, 0.15) is 19.3 Å². The van der Waals surface area contributed by atoms with Crippen molar-refractivity contribution in [3.8, 4) is 5.75 Å². The quantitative estimate of drug-likeness (QED) is 0.313. The molecule has 0 aliphatic carbocycles. The van der Waals surface area contributed by atoms with Crippen molar-refractivity contribution in [3.05, 3.63) is 66.7 Å². The first kappa shape index (κ1) is 29.5. The van der Waals surface area contributed by atoms with Gasteiger partial charge in [-0.1, -0.05) is 36.4 Å². The molecule has 3 aromatic rings. The van der Waals surface area contributed by atoms with Crippen LogP contribution in [0.4, 0.5) is 0 Å². The van der Waals surface area contributed by atoms with E-state index in [9.17, 15) is 21.9 Å². The number of ether oxygens (including phenoxy) is 2. The third kappa shape index (κ3) is 6.07. The highest BCUT2D eigenvalue weighted by atomic mass is 32.2. The second-order valence-electron chi connectivity index (χ2n) is 11.5. The Morgan fingerprint density at radius 1 is 0.976 bits per heavy atom. The molecule has 3 aliphatic rings. The summed E-state index contributed by atoms with van der Waals surface area (Å²) < 4.78 is 65.5. The number of piperidine rings is 1. The molecule has 42 heavy (non-hydrogen) atoms. The number of sulfonamides is 1. The van der Waals surface area contributed by atoms with Crippen LogP contribution in [0.2, 0.25) is 0 Å². The van der Waals surface area contributed by atoms with Crippen molar-refractivity contribution in [2.45, 2.75) is 52.1 Å². The molecule has 12 heteroatoms. The summed E-state index contributed by atoms with van der Waals surface area (Å²) in [6.07, 6.45) is 1.16. The Labute approximate surface area is 247 Å². The molecule has 3 saturated heterocycles. The first-order valence-corrected chi connectivity index (χ1v) is 17.4. The van der Waals surface area contributed by atoms with Crippen molar-refractivity contribution in [1.82, 2.24) is 14.9 Å². The van der Waals surface area contributed by atoms with Gasteiger partial charge >= 0.3 is 0 Å². The van der Waals surface area contributed by atoms with Crippen LogP contribution in [0.15, 0.2) is 76.5 Å². The molecule has 1 spiro atoms. The summed E-state index contributed by atoms with van der Waals surface area (Å²) in [7, 11) is -7.00. The minimum absolute atomic E-state index is 0.0157. The second kappa shape index (κ2) is 11.8. The highest BCUT2D eigenvalue weighted by Crippen LogP contribution is 2.37. The smallest absolute Gasteiger partial charge is 0.243 e. The zero-order valence-electron chi connectivity index (χ0n) is 23.3. The molecule has 2 atom stereocenters. The predicted molar refractivity (Wildman–Crippen MR) is 159 cm³/mol. The van der Waals surface area contributed by atoms with Crippen LogP contribution in [0, 0.1) is 0 Å². The van der Waals surface area contributed by atoms with Gasteiger partial charge in [-0.2, -0.15) is 4.31 Å². The number of aliphatic hydroxyl groups excluding tert-OH is 1. The summed E-state index contributed by atoms with van der Waals surface area (Å²) in [6, 6.07) is 19.4. The molecule has 0 bridgehead atoms. The molecule has 0 aromatic heterocycles. The lowest BCUT2D eigenvalue weighted by Gasteiger charge is -2.38. The summed E-state index contributed by atoms with van der Waals surface area (Å²) in [5.41, 5.74) is -0.379. The van der Waals surface area contributed by atoms with Crippen LogP contribution in [0.25, 0.3) is 10.8 Å². The Hall–Kier alpha value is -2.58. The van der Waals surface area contributed by atoms with E-state index in [2.05, 4.69) is 10.6 Å². The SMILES string of the molecule is O=S(=O)(c1cccc(OC[C@@H](O)CNC2COC3(CCN(S(=O)(=O)c4ccc5ccccc5c4)CC3)C2)c1)C1CNC1. The zero-order valence-corrected chi connectivity index (χ0v) is 24.9. The second-order valence-corrected chi connectivity index (χ2v) is 15.6. The molecule has 226 valence electrons. The normalized spacial score (nSPS) is 22.3. The van der Waals surface area contributed by atoms with E-state index in [0.717, 1.165) is 17.2 Å². The Kier molecular flexibility index (Phi) is 8.31. The van der Waals surface area contributed by atoms with Gasteiger partial charge in [-0.05, 0) is 60.4 Å². The number of aliphatic hydroxyl groups is 1. The van der Waals surface area contributed by atoms with Crippen LogP contribution >= 0.6 is 0 Å². The standard InChI is InChI=1S/C30H37N3O7S2/c34-25(21-39-26-6-3-7-27(15-26)41(35,36)29-18-31-19-29)17-32-24-16-30(40-20-24)10-12-33(13-11-30)42(37,38)28-9-8-22-4-1-2-5-23(22)14-28/h1-9,14-15,24-25,29,31-32,34H,10-13,16-21H2/t24?,25-/m0/s1. The largest absolute Gasteiger partial charge is 0.491 e. The van der Waals surface area contributed by atoms with Crippen LogP contribution in [0.5, 0.6) is 5.75 Å². The average molecular weight is 616 g/mol. The average Bonchev–Trinajstić information content (AvgIpc) is 3.36. The van der Waals surface area contributed by atoms with E-state index in [0.29, 0.717) is 56.3 Å². The van der Waals surface area contributed by atoms with Gasteiger partial charge in [-0.3, -0.25) is 0 Å². The number of hydrogen-bond donors (Lipinski definition) is 3. The van der Waals surface area contributed by atoms with Gasteiger partial charge in [0, 0.05) is 38.8 Å². The van der Waals surface area contributed by atoms with E-state index in [1.807, 2.05) is 30.3 Å². The fourth-order valence-corrected chi connectivity index (χ4v) is 8.99. The third-order valence-corrected chi connectivity index (χ3v) is 12.6. The number of nitrogens with zero attached hydrogens (tertiary/aromatic N) is 1. The molecule has 3 N–H and O–H groups in total. The van der Waals surface area contributed by atoms with Gasteiger partial charge in [0.05, 0.1) is 27.2 Å². The molecule has 3 fully saturated rings. The molecular formula is C30H37N3O7S2. The zero-order chi connectivity index (χ0) is 29.4. The predicted octanol–water partition coefficient (Wildman–Crippen LogP) is 1.93. The van der Waals surface area contributed by atoms with Crippen molar-refractivity contribution in [2.75, 3.05) is 45.9 Å². The Bertz CT molecular complexity index is 1640. The number of fused-ring (bicyclic) bond motifs is 1. The first-order chi connectivity index (χ1) is 20.1. The molecule has 6 rings (SSSR count). The van der Waals surface area contributed by atoms with E-state index in [-0.39, 0.29) is 29.7 Å². The van der Waals surface area contributed by atoms with Crippen molar-refractivity contribution in [2.24, 2.45) is 0 Å². The molecule has 3 aliphatic heterocycles. The van der Waals surface area contributed by atoms with Crippen molar-refractivity contribution in [3.63, 3.8) is 0 Å². The minimum atomic E-state index is -3.60. The highest BCUT2D eigenvalue weighted by molar-refractivity contribution is 7.92. The highest BCUT2D eigenvalue weighted by Gasteiger charge is 2.44. The van der Waals surface area contributed by atoms with Crippen molar-refractivity contribution >= 4 is 30.6 Å². The Balaban J connectivity index is 0.967. The van der Waals surface area contributed by atoms with Crippen LogP contribution < -0.4 is 15.4 Å². The monoisotopic (exact) mass is 615 g/mol. The molecule has 10 nitrogen and oxygen atoms in total. The van der Waals surface area contributed by atoms with E-state index >= 15 is 0 Å². The molecule has 0 saturated carbocycles. The molecular weight excluding hydrogens is 578 g/mol. The topological polar surface area (TPSA) is 134 Å². The summed E-state index contributed by atoms with van der Waals surface area (Å²) >= 11 is 0. The Morgan fingerprint density at radius 3 is 2.48 bits per heavy atom. The van der Waals surface area contributed by atoms with Crippen molar-refractivity contribution < 1.29 is 31.4 Å². The van der Waals surface area contributed by atoms with Gasteiger partial charge in [0.2, 0.25) is 10.0 Å². The van der Waals surface area contributed by atoms with Gasteiger partial charge in [-0.15, -0.1) is 0 Å². The molecule has 0 radical (unpaired) electrons. The summed E-state index contributed by atoms with van der Waals surface area (Å²) in [6.45, 7) is 2.48. The van der Waals surface area contributed by atoms with Crippen LogP contribution in [-0.4, -0.2) is 95.2 Å². The maximum Gasteiger partial charge on any atom is 0.243 e. The minimum Gasteiger partial charge on any atom is -0.491 e. The summed E-state index contributed by atoms with van der Waals surface area (Å²) in [4.78, 5) is 0.535. The van der Waals surface area contributed by atoms with Gasteiger partial charge in [0.15, 0.2) is 9.84 Å². The molecule has 0 amide bonds. The van der Waals surface area contributed by atoms with E-state index in [1.165, 1.54) is 6.07 Å². The fraction of sp³-hybridized carbons (Fsp3) is 0.467. The number of hydrogen-bond acceptors (Lipinski definition) is 9. The maximum absolute atomic E-state index is 13.4. The van der Waals surface area contributed by atoms with Crippen LogP contribution in [-0.2, 0) is 24.6 Å². The summed E-state index contributed by atoms with van der Waals surface area (Å²) in [5, 5.41) is 18.3. The van der Waals surface area contributed by atoms with Gasteiger partial charge in [0.1, 0.15) is 18.5 Å². The van der Waals surface area contributed by atoms with Gasteiger partial charge in [0.25, 0.3) is 0 Å². The number of sulfone groups is 1.